The Kier molecular flexibility index (Phi) is 4.90. The number of carbonyl (C=O) groups excluding carboxylic acids is 3. The molecule has 1 aliphatic rings. The van der Waals surface area contributed by atoms with Crippen molar-refractivity contribution in [2.45, 2.75) is 23.5 Å². The molecule has 0 saturated carbocycles. The highest BCUT2D eigenvalue weighted by Crippen LogP contribution is 2.35. The first-order valence-electron chi connectivity index (χ1n) is 7.78. The third-order valence-corrected chi connectivity index (χ3v) is 5.19. The summed E-state index contributed by atoms with van der Waals surface area (Å²) in [5.74, 6) is -0.959. The van der Waals surface area contributed by atoms with E-state index < -0.39 is 11.2 Å². The van der Waals surface area contributed by atoms with E-state index in [1.807, 2.05) is 25.1 Å². The highest BCUT2D eigenvalue weighted by Gasteiger charge is 2.40. The molecule has 2 amide bonds. The van der Waals surface area contributed by atoms with Crippen molar-refractivity contribution in [3.05, 3.63) is 59.7 Å². The van der Waals surface area contributed by atoms with E-state index in [2.05, 4.69) is 0 Å². The van der Waals surface area contributed by atoms with Crippen LogP contribution in [0.5, 0.6) is 0 Å². The molecule has 1 heterocycles. The topological polar surface area (TPSA) is 63.7 Å². The normalized spacial score (nSPS) is 17.0. The van der Waals surface area contributed by atoms with Crippen LogP contribution >= 0.6 is 11.8 Å². The van der Waals surface area contributed by atoms with Crippen LogP contribution in [0.4, 0.5) is 5.69 Å². The second-order valence-electron chi connectivity index (χ2n) is 5.70. The van der Waals surface area contributed by atoms with Crippen LogP contribution in [-0.4, -0.2) is 30.1 Å². The Morgan fingerprint density at radius 2 is 1.92 bits per heavy atom. The van der Waals surface area contributed by atoms with Crippen LogP contribution in [0.3, 0.4) is 0 Å². The molecular weight excluding hydrogens is 338 g/mol. The van der Waals surface area contributed by atoms with Crippen molar-refractivity contribution in [3.63, 3.8) is 0 Å². The van der Waals surface area contributed by atoms with E-state index in [4.69, 9.17) is 4.74 Å². The number of hydrogen-bond acceptors (Lipinski definition) is 5. The molecule has 1 saturated heterocycles. The molecule has 0 spiro atoms. The van der Waals surface area contributed by atoms with Gasteiger partial charge in [-0.3, -0.25) is 9.59 Å². The van der Waals surface area contributed by atoms with E-state index in [1.165, 1.54) is 23.8 Å². The molecule has 0 aromatic heterocycles. The van der Waals surface area contributed by atoms with E-state index in [0.29, 0.717) is 16.1 Å². The largest absolute Gasteiger partial charge is 0.465 e. The van der Waals surface area contributed by atoms with E-state index in [1.54, 1.807) is 30.3 Å². The number of esters is 1. The standard InChI is InChI=1S/C19H17NO4S/c1-12-6-5-7-13(10-12)20-17(21)11-16(18(20)22)25-15-9-4-3-8-14(15)19(23)24-2/h3-10,16H,11H2,1-2H3/t16-/m0/s1. The number of rotatable bonds is 4. The lowest BCUT2D eigenvalue weighted by atomic mass is 10.2. The Bertz CT molecular complexity index is 849. The number of aryl methyl sites for hydroxylation is 1. The fourth-order valence-electron chi connectivity index (χ4n) is 2.74. The van der Waals surface area contributed by atoms with Crippen molar-refractivity contribution >= 4 is 35.2 Å². The van der Waals surface area contributed by atoms with Crippen LogP contribution in [0.1, 0.15) is 22.3 Å². The molecule has 1 fully saturated rings. The lowest BCUT2D eigenvalue weighted by Gasteiger charge is -2.16. The SMILES string of the molecule is COC(=O)c1ccccc1S[C@H]1CC(=O)N(c2cccc(C)c2)C1=O. The van der Waals surface area contributed by atoms with Gasteiger partial charge in [0.15, 0.2) is 0 Å². The predicted octanol–water partition coefficient (Wildman–Crippen LogP) is 3.21. The van der Waals surface area contributed by atoms with Gasteiger partial charge >= 0.3 is 5.97 Å². The molecule has 0 bridgehead atoms. The fourth-order valence-corrected chi connectivity index (χ4v) is 3.91. The first kappa shape index (κ1) is 17.2. The molecule has 3 rings (SSSR count). The number of thioether (sulfide) groups is 1. The third-order valence-electron chi connectivity index (χ3n) is 3.93. The summed E-state index contributed by atoms with van der Waals surface area (Å²) in [5.41, 5.74) is 1.95. The lowest BCUT2D eigenvalue weighted by Crippen LogP contribution is -2.31. The summed E-state index contributed by atoms with van der Waals surface area (Å²) in [6.45, 7) is 1.91. The summed E-state index contributed by atoms with van der Waals surface area (Å²) in [5, 5.41) is -0.557. The Labute approximate surface area is 150 Å². The molecular formula is C19H17NO4S. The molecule has 6 heteroatoms. The van der Waals surface area contributed by atoms with Crippen molar-refractivity contribution in [2.24, 2.45) is 0 Å². The van der Waals surface area contributed by atoms with Gasteiger partial charge in [0.25, 0.3) is 0 Å². The summed E-state index contributed by atoms with van der Waals surface area (Å²) in [7, 11) is 1.31. The molecule has 0 aliphatic carbocycles. The molecule has 1 atom stereocenters. The zero-order chi connectivity index (χ0) is 18.0. The average Bonchev–Trinajstić information content (AvgIpc) is 2.88. The summed E-state index contributed by atoms with van der Waals surface area (Å²) >= 11 is 1.22. The van der Waals surface area contributed by atoms with Crippen molar-refractivity contribution in [3.8, 4) is 0 Å². The minimum atomic E-state index is -0.557. The molecule has 2 aromatic rings. The molecule has 1 aliphatic heterocycles. The van der Waals surface area contributed by atoms with Crippen molar-refractivity contribution in [2.75, 3.05) is 12.0 Å². The smallest absolute Gasteiger partial charge is 0.338 e. The van der Waals surface area contributed by atoms with Gasteiger partial charge < -0.3 is 4.74 Å². The number of amides is 2. The van der Waals surface area contributed by atoms with E-state index in [0.717, 1.165) is 5.56 Å². The van der Waals surface area contributed by atoms with Crippen LogP contribution in [-0.2, 0) is 14.3 Å². The lowest BCUT2D eigenvalue weighted by molar-refractivity contribution is -0.121. The maximum atomic E-state index is 12.8. The summed E-state index contributed by atoms with van der Waals surface area (Å²) in [6, 6.07) is 14.2. The van der Waals surface area contributed by atoms with Gasteiger partial charge in [0.2, 0.25) is 11.8 Å². The van der Waals surface area contributed by atoms with E-state index >= 15 is 0 Å². The molecule has 2 aromatic carbocycles. The molecule has 0 radical (unpaired) electrons. The van der Waals surface area contributed by atoms with E-state index in [-0.39, 0.29) is 18.2 Å². The monoisotopic (exact) mass is 355 g/mol. The second kappa shape index (κ2) is 7.11. The van der Waals surface area contributed by atoms with Crippen molar-refractivity contribution in [1.82, 2.24) is 0 Å². The Morgan fingerprint density at radius 1 is 1.16 bits per heavy atom. The number of nitrogens with zero attached hydrogens (tertiary/aromatic N) is 1. The number of imide groups is 1. The Hall–Kier alpha value is -2.60. The molecule has 5 nitrogen and oxygen atoms in total. The quantitative estimate of drug-likeness (QED) is 0.622. The van der Waals surface area contributed by atoms with Crippen LogP contribution < -0.4 is 4.90 Å². The molecule has 0 unspecified atom stereocenters. The number of anilines is 1. The highest BCUT2D eigenvalue weighted by molar-refractivity contribution is 8.00. The maximum Gasteiger partial charge on any atom is 0.338 e. The summed E-state index contributed by atoms with van der Waals surface area (Å²) < 4.78 is 4.78. The molecule has 25 heavy (non-hydrogen) atoms. The number of methoxy groups -OCH3 is 1. The summed E-state index contributed by atoms with van der Waals surface area (Å²) in [4.78, 5) is 38.9. The van der Waals surface area contributed by atoms with E-state index in [9.17, 15) is 14.4 Å². The van der Waals surface area contributed by atoms with Gasteiger partial charge in [0.1, 0.15) is 0 Å². The molecule has 128 valence electrons. The van der Waals surface area contributed by atoms with Crippen LogP contribution in [0.2, 0.25) is 0 Å². The zero-order valence-electron chi connectivity index (χ0n) is 13.9. The van der Waals surface area contributed by atoms with Gasteiger partial charge in [-0.25, -0.2) is 9.69 Å². The minimum absolute atomic E-state index is 0.104. The first-order valence-corrected chi connectivity index (χ1v) is 8.66. The van der Waals surface area contributed by atoms with Gasteiger partial charge in [-0.2, -0.15) is 0 Å². The van der Waals surface area contributed by atoms with Crippen molar-refractivity contribution in [1.29, 1.82) is 0 Å². The predicted molar refractivity (Wildman–Crippen MR) is 95.7 cm³/mol. The first-order chi connectivity index (χ1) is 12.0. The second-order valence-corrected chi connectivity index (χ2v) is 6.95. The average molecular weight is 355 g/mol. The van der Waals surface area contributed by atoms with Gasteiger partial charge in [0.05, 0.1) is 23.6 Å². The number of benzene rings is 2. The van der Waals surface area contributed by atoms with Crippen LogP contribution in [0, 0.1) is 6.92 Å². The maximum absolute atomic E-state index is 12.8. The van der Waals surface area contributed by atoms with Crippen LogP contribution in [0.25, 0.3) is 0 Å². The zero-order valence-corrected chi connectivity index (χ0v) is 14.7. The number of hydrogen-bond donors (Lipinski definition) is 0. The minimum Gasteiger partial charge on any atom is -0.465 e. The Balaban J connectivity index is 1.85. The van der Waals surface area contributed by atoms with Gasteiger partial charge in [-0.05, 0) is 36.8 Å². The van der Waals surface area contributed by atoms with Crippen LogP contribution in [0.15, 0.2) is 53.4 Å². The third kappa shape index (κ3) is 3.44. The van der Waals surface area contributed by atoms with Gasteiger partial charge in [0, 0.05) is 11.3 Å². The molecule has 0 N–H and O–H groups in total. The van der Waals surface area contributed by atoms with Crippen molar-refractivity contribution < 1.29 is 19.1 Å². The van der Waals surface area contributed by atoms with Gasteiger partial charge in [-0.15, -0.1) is 11.8 Å². The Morgan fingerprint density at radius 3 is 2.64 bits per heavy atom. The number of ether oxygens (including phenoxy) is 1. The summed E-state index contributed by atoms with van der Waals surface area (Å²) in [6.07, 6.45) is 0.104. The van der Waals surface area contributed by atoms with Gasteiger partial charge in [-0.1, -0.05) is 24.3 Å². The highest BCUT2D eigenvalue weighted by atomic mass is 32.2. The fraction of sp³-hybridized carbons (Fsp3) is 0.211. The number of carbonyl (C=O) groups is 3.